The molecule has 2 aromatic rings. The third-order valence-corrected chi connectivity index (χ3v) is 5.38. The number of aromatic nitrogens is 2. The molecule has 3 heterocycles. The highest BCUT2D eigenvalue weighted by atomic mass is 32.1. The fourth-order valence-electron chi connectivity index (χ4n) is 3.10. The molecule has 3 amide bonds. The van der Waals surface area contributed by atoms with Gasteiger partial charge in [-0.05, 0) is 17.7 Å². The first-order chi connectivity index (χ1) is 13.6. The monoisotopic (exact) mass is 404 g/mol. The highest BCUT2D eigenvalue weighted by molar-refractivity contribution is 7.17. The lowest BCUT2D eigenvalue weighted by atomic mass is 10.1. The highest BCUT2D eigenvalue weighted by Gasteiger charge is 2.23. The zero-order valence-corrected chi connectivity index (χ0v) is 15.9. The Balaban J connectivity index is 1.28. The second-order valence-electron chi connectivity index (χ2n) is 6.45. The minimum Gasteiger partial charge on any atom is -0.486 e. The van der Waals surface area contributed by atoms with Crippen LogP contribution in [0.2, 0.25) is 0 Å². The highest BCUT2D eigenvalue weighted by Crippen LogP contribution is 2.31. The van der Waals surface area contributed by atoms with Crippen molar-refractivity contribution in [3.8, 4) is 11.5 Å². The molecule has 2 aliphatic heterocycles. The van der Waals surface area contributed by atoms with Gasteiger partial charge >= 0.3 is 6.03 Å². The molecule has 1 fully saturated rings. The van der Waals surface area contributed by atoms with E-state index in [0.29, 0.717) is 26.3 Å². The Hall–Kier alpha value is -2.92. The number of nitrogens with one attached hydrogen (secondary N) is 1. The van der Waals surface area contributed by atoms with E-state index in [1.165, 1.54) is 0 Å². The van der Waals surface area contributed by atoms with Crippen molar-refractivity contribution in [1.82, 2.24) is 20.0 Å². The number of amides is 3. The normalized spacial score (nSPS) is 16.6. The van der Waals surface area contributed by atoms with Gasteiger partial charge in [0.15, 0.2) is 11.5 Å². The molecule has 10 nitrogen and oxygen atoms in total. The Labute approximate surface area is 165 Å². The molecule has 28 heavy (non-hydrogen) atoms. The molecule has 148 valence electrons. The van der Waals surface area contributed by atoms with E-state index < -0.39 is 5.91 Å². The smallest absolute Gasteiger partial charge is 0.323 e. The van der Waals surface area contributed by atoms with Gasteiger partial charge in [0.05, 0.1) is 0 Å². The molecule has 4 rings (SSSR count). The molecule has 0 atom stereocenters. The van der Waals surface area contributed by atoms with Crippen molar-refractivity contribution in [2.45, 2.75) is 6.54 Å². The first kappa shape index (κ1) is 18.4. The van der Waals surface area contributed by atoms with Crippen molar-refractivity contribution in [2.75, 3.05) is 44.7 Å². The van der Waals surface area contributed by atoms with Crippen LogP contribution in [0.15, 0.2) is 18.2 Å². The van der Waals surface area contributed by atoms with Crippen molar-refractivity contribution in [3.63, 3.8) is 0 Å². The van der Waals surface area contributed by atoms with E-state index in [4.69, 9.17) is 15.2 Å². The largest absolute Gasteiger partial charge is 0.486 e. The van der Waals surface area contributed by atoms with Gasteiger partial charge in [-0.2, -0.15) is 0 Å². The molecule has 1 saturated heterocycles. The zero-order valence-electron chi connectivity index (χ0n) is 15.1. The maximum Gasteiger partial charge on any atom is 0.323 e. The lowest BCUT2D eigenvalue weighted by Gasteiger charge is -2.34. The van der Waals surface area contributed by atoms with E-state index in [9.17, 15) is 9.59 Å². The number of carbonyl (C=O) groups is 2. The van der Waals surface area contributed by atoms with Gasteiger partial charge in [0, 0.05) is 32.7 Å². The fourth-order valence-corrected chi connectivity index (χ4v) is 3.68. The first-order valence-electron chi connectivity index (χ1n) is 8.88. The summed E-state index contributed by atoms with van der Waals surface area (Å²) in [6.45, 7) is 4.63. The van der Waals surface area contributed by atoms with Crippen LogP contribution >= 0.6 is 11.3 Å². The van der Waals surface area contributed by atoms with Crippen LogP contribution in [0.3, 0.4) is 0 Å². The van der Waals surface area contributed by atoms with Crippen LogP contribution in [0.1, 0.15) is 15.4 Å². The van der Waals surface area contributed by atoms with Gasteiger partial charge in [-0.25, -0.2) is 4.79 Å². The first-order valence-corrected chi connectivity index (χ1v) is 9.70. The van der Waals surface area contributed by atoms with Crippen LogP contribution in [0.4, 0.5) is 9.93 Å². The second-order valence-corrected chi connectivity index (χ2v) is 7.43. The minimum atomic E-state index is -0.661. The number of anilines is 1. The van der Waals surface area contributed by atoms with E-state index in [1.807, 2.05) is 18.2 Å². The van der Waals surface area contributed by atoms with Crippen molar-refractivity contribution < 1.29 is 19.1 Å². The van der Waals surface area contributed by atoms with Crippen molar-refractivity contribution in [3.05, 3.63) is 28.8 Å². The second kappa shape index (κ2) is 7.98. The molecule has 1 aromatic heterocycles. The van der Waals surface area contributed by atoms with Crippen LogP contribution in [0, 0.1) is 0 Å². The van der Waals surface area contributed by atoms with Crippen LogP contribution in [0.5, 0.6) is 11.5 Å². The predicted octanol–water partition coefficient (Wildman–Crippen LogP) is 0.758. The maximum absolute atomic E-state index is 12.4. The Bertz CT molecular complexity index is 880. The summed E-state index contributed by atoms with van der Waals surface area (Å²) in [5, 5.41) is 10.4. The van der Waals surface area contributed by atoms with Crippen molar-refractivity contribution >= 4 is 28.4 Å². The van der Waals surface area contributed by atoms with E-state index >= 15 is 0 Å². The standard InChI is InChI=1S/C17H20N6O4S/c18-14(24)15-20-21-16(28-15)19-17(25)23-5-3-22(4-6-23)10-11-1-2-12-13(9-11)27-8-7-26-12/h1-2,9H,3-8,10H2,(H2,18,24)(H,19,21,25). The van der Waals surface area contributed by atoms with Crippen LogP contribution in [0.25, 0.3) is 0 Å². The van der Waals surface area contributed by atoms with Crippen LogP contribution < -0.4 is 20.5 Å². The lowest BCUT2D eigenvalue weighted by Crippen LogP contribution is -2.49. The summed E-state index contributed by atoms with van der Waals surface area (Å²) in [5.74, 6) is 0.910. The molecule has 11 heteroatoms. The lowest BCUT2D eigenvalue weighted by molar-refractivity contribution is 0.0999. The number of fused-ring (bicyclic) bond motifs is 1. The zero-order chi connectivity index (χ0) is 19.5. The minimum absolute atomic E-state index is 0.0690. The van der Waals surface area contributed by atoms with Crippen LogP contribution in [-0.4, -0.2) is 71.3 Å². The molecule has 2 aliphatic rings. The SMILES string of the molecule is NC(=O)c1nnc(NC(=O)N2CCN(Cc3ccc4c(c3)OCCO4)CC2)s1. The number of benzene rings is 1. The summed E-state index contributed by atoms with van der Waals surface area (Å²) in [4.78, 5) is 27.4. The molecular formula is C17H20N6O4S. The van der Waals surface area contributed by atoms with Gasteiger partial charge in [0.2, 0.25) is 10.1 Å². The fraction of sp³-hybridized carbons (Fsp3) is 0.412. The van der Waals surface area contributed by atoms with Gasteiger partial charge in [-0.3, -0.25) is 15.0 Å². The number of nitrogens with zero attached hydrogens (tertiary/aromatic N) is 4. The Morgan fingerprint density at radius 2 is 1.86 bits per heavy atom. The van der Waals surface area contributed by atoms with Gasteiger partial charge in [-0.15, -0.1) is 10.2 Å². The number of piperazine rings is 1. The Kier molecular flexibility index (Phi) is 5.26. The van der Waals surface area contributed by atoms with Gasteiger partial charge in [0.1, 0.15) is 13.2 Å². The molecular weight excluding hydrogens is 384 g/mol. The Morgan fingerprint density at radius 1 is 1.11 bits per heavy atom. The number of urea groups is 1. The number of hydrogen-bond acceptors (Lipinski definition) is 8. The average Bonchev–Trinajstić information content (AvgIpc) is 3.17. The summed E-state index contributed by atoms with van der Waals surface area (Å²) in [7, 11) is 0. The average molecular weight is 404 g/mol. The molecule has 3 N–H and O–H groups in total. The number of primary amides is 1. The van der Waals surface area contributed by atoms with E-state index in [2.05, 4.69) is 20.4 Å². The van der Waals surface area contributed by atoms with Crippen molar-refractivity contribution in [2.24, 2.45) is 5.73 Å². The predicted molar refractivity (Wildman–Crippen MR) is 102 cm³/mol. The van der Waals surface area contributed by atoms with Gasteiger partial charge < -0.3 is 20.1 Å². The maximum atomic E-state index is 12.4. The molecule has 0 saturated carbocycles. The van der Waals surface area contributed by atoms with E-state index in [-0.39, 0.29) is 16.2 Å². The summed E-state index contributed by atoms with van der Waals surface area (Å²) in [5.41, 5.74) is 6.29. The van der Waals surface area contributed by atoms with E-state index in [0.717, 1.165) is 48.0 Å². The summed E-state index contributed by atoms with van der Waals surface area (Å²) < 4.78 is 11.2. The van der Waals surface area contributed by atoms with Gasteiger partial charge in [0.25, 0.3) is 5.91 Å². The number of carbonyl (C=O) groups excluding carboxylic acids is 2. The molecule has 0 aliphatic carbocycles. The molecule has 0 spiro atoms. The Morgan fingerprint density at radius 3 is 2.57 bits per heavy atom. The third-order valence-electron chi connectivity index (χ3n) is 4.52. The summed E-state index contributed by atoms with van der Waals surface area (Å²) in [6, 6.07) is 5.74. The number of rotatable bonds is 4. The number of hydrogen-bond donors (Lipinski definition) is 2. The molecule has 0 radical (unpaired) electrons. The molecule has 1 aromatic carbocycles. The van der Waals surface area contributed by atoms with Crippen molar-refractivity contribution in [1.29, 1.82) is 0 Å². The quantitative estimate of drug-likeness (QED) is 0.771. The molecule has 0 bridgehead atoms. The topological polar surface area (TPSA) is 123 Å². The number of nitrogens with two attached hydrogens (primary N) is 1. The third kappa shape index (κ3) is 4.15. The molecule has 0 unspecified atom stereocenters. The van der Waals surface area contributed by atoms with E-state index in [1.54, 1.807) is 4.90 Å². The summed E-state index contributed by atoms with van der Waals surface area (Å²) >= 11 is 0.959. The summed E-state index contributed by atoms with van der Waals surface area (Å²) in [6.07, 6.45) is 0. The van der Waals surface area contributed by atoms with Crippen LogP contribution in [-0.2, 0) is 6.54 Å². The van der Waals surface area contributed by atoms with Gasteiger partial charge in [-0.1, -0.05) is 17.4 Å². The number of ether oxygens (including phenoxy) is 2.